The number of anilines is 1. The molecule has 3 heterocycles. The Labute approximate surface area is 138 Å². The highest BCUT2D eigenvalue weighted by Gasteiger charge is 2.25. The molecule has 0 spiro atoms. The molecular formula is C15H19N5O2S. The normalized spacial score (nSPS) is 21.1. The zero-order valence-corrected chi connectivity index (χ0v) is 13.7. The van der Waals surface area contributed by atoms with Gasteiger partial charge in [0, 0.05) is 19.3 Å². The molecule has 0 bridgehead atoms. The van der Waals surface area contributed by atoms with Gasteiger partial charge in [-0.05, 0) is 56.3 Å². The van der Waals surface area contributed by atoms with Gasteiger partial charge < -0.3 is 10.2 Å². The molecule has 122 valence electrons. The average Bonchev–Trinajstić information content (AvgIpc) is 2.86. The van der Waals surface area contributed by atoms with E-state index in [1.165, 1.54) is 0 Å². The molecule has 0 atom stereocenters. The number of piperidine rings is 1. The van der Waals surface area contributed by atoms with Gasteiger partial charge in [0.25, 0.3) is 11.1 Å². The fourth-order valence-electron chi connectivity index (χ4n) is 2.78. The molecule has 0 aromatic carbocycles. The molecule has 2 N–H and O–H groups in total. The van der Waals surface area contributed by atoms with Crippen LogP contribution in [0.5, 0.6) is 0 Å². The molecule has 2 aliphatic heterocycles. The highest BCUT2D eigenvalue weighted by atomic mass is 32.2. The Hall–Kier alpha value is -1.93. The van der Waals surface area contributed by atoms with E-state index in [1.807, 2.05) is 7.05 Å². The van der Waals surface area contributed by atoms with Crippen molar-refractivity contribution in [3.8, 4) is 0 Å². The number of thioether (sulfide) groups is 1. The van der Waals surface area contributed by atoms with Crippen LogP contribution in [-0.2, 0) is 4.79 Å². The number of aromatic nitrogens is 2. The van der Waals surface area contributed by atoms with Gasteiger partial charge in [0.15, 0.2) is 0 Å². The third-order valence-electron chi connectivity index (χ3n) is 3.98. The van der Waals surface area contributed by atoms with E-state index in [0.29, 0.717) is 22.5 Å². The van der Waals surface area contributed by atoms with Gasteiger partial charge in [-0.15, -0.1) is 0 Å². The predicted octanol–water partition coefficient (Wildman–Crippen LogP) is 1.24. The highest BCUT2D eigenvalue weighted by Crippen LogP contribution is 2.26. The summed E-state index contributed by atoms with van der Waals surface area (Å²) in [6.07, 6.45) is 5.54. The van der Waals surface area contributed by atoms with Crippen molar-refractivity contribution in [2.24, 2.45) is 5.92 Å². The van der Waals surface area contributed by atoms with Gasteiger partial charge in [-0.3, -0.25) is 14.9 Å². The van der Waals surface area contributed by atoms with E-state index in [2.05, 4.69) is 25.5 Å². The lowest BCUT2D eigenvalue weighted by Gasteiger charge is -2.31. The van der Waals surface area contributed by atoms with Crippen LogP contribution in [0, 0.1) is 5.92 Å². The van der Waals surface area contributed by atoms with Crippen molar-refractivity contribution < 1.29 is 9.59 Å². The standard InChI is InChI=1S/C15H19N5O2S/c1-16-9-10-3-6-20(7-4-10)14-17-5-2-11(18-14)8-12-13(21)19-15(22)23-12/h2,5,8,10,16H,3-4,6-7,9H2,1H3,(H,19,21,22)/b12-8+. The Morgan fingerprint density at radius 1 is 1.43 bits per heavy atom. The Morgan fingerprint density at radius 3 is 2.87 bits per heavy atom. The minimum Gasteiger partial charge on any atom is -0.341 e. The molecule has 2 amide bonds. The van der Waals surface area contributed by atoms with Crippen molar-refractivity contribution in [1.29, 1.82) is 0 Å². The molecule has 2 saturated heterocycles. The molecule has 1 aromatic heterocycles. The van der Waals surface area contributed by atoms with Crippen LogP contribution in [0.1, 0.15) is 18.5 Å². The van der Waals surface area contributed by atoms with Crippen LogP contribution in [0.2, 0.25) is 0 Å². The quantitative estimate of drug-likeness (QED) is 0.802. The van der Waals surface area contributed by atoms with Crippen LogP contribution < -0.4 is 15.5 Å². The smallest absolute Gasteiger partial charge is 0.290 e. The first-order valence-electron chi connectivity index (χ1n) is 7.63. The van der Waals surface area contributed by atoms with Crippen molar-refractivity contribution in [1.82, 2.24) is 20.6 Å². The third-order valence-corrected chi connectivity index (χ3v) is 4.79. The van der Waals surface area contributed by atoms with Gasteiger partial charge >= 0.3 is 0 Å². The summed E-state index contributed by atoms with van der Waals surface area (Å²) < 4.78 is 0. The summed E-state index contributed by atoms with van der Waals surface area (Å²) in [4.78, 5) is 34.2. The zero-order chi connectivity index (χ0) is 16.2. The van der Waals surface area contributed by atoms with Crippen LogP contribution >= 0.6 is 11.8 Å². The zero-order valence-electron chi connectivity index (χ0n) is 12.9. The second kappa shape index (κ2) is 7.10. The topological polar surface area (TPSA) is 87.2 Å². The number of nitrogens with zero attached hydrogens (tertiary/aromatic N) is 3. The lowest BCUT2D eigenvalue weighted by atomic mass is 9.97. The van der Waals surface area contributed by atoms with Gasteiger partial charge in [-0.1, -0.05) is 0 Å². The maximum absolute atomic E-state index is 11.6. The number of carbonyl (C=O) groups excluding carboxylic acids is 2. The first kappa shape index (κ1) is 15.9. The molecule has 0 radical (unpaired) electrons. The second-order valence-corrected chi connectivity index (χ2v) is 6.64. The molecule has 0 saturated carbocycles. The van der Waals surface area contributed by atoms with Crippen molar-refractivity contribution in [3.05, 3.63) is 22.9 Å². The van der Waals surface area contributed by atoms with E-state index in [4.69, 9.17) is 0 Å². The largest absolute Gasteiger partial charge is 0.341 e. The summed E-state index contributed by atoms with van der Waals surface area (Å²) in [7, 11) is 1.98. The first-order chi connectivity index (χ1) is 11.2. The summed E-state index contributed by atoms with van der Waals surface area (Å²) >= 11 is 0.896. The van der Waals surface area contributed by atoms with E-state index >= 15 is 0 Å². The number of hydrogen-bond donors (Lipinski definition) is 2. The number of carbonyl (C=O) groups is 2. The maximum Gasteiger partial charge on any atom is 0.290 e. The molecule has 2 aliphatic rings. The summed E-state index contributed by atoms with van der Waals surface area (Å²) in [5, 5.41) is 5.12. The molecule has 8 heteroatoms. The highest BCUT2D eigenvalue weighted by molar-refractivity contribution is 8.18. The summed E-state index contributed by atoms with van der Waals surface area (Å²) in [6.45, 7) is 2.90. The van der Waals surface area contributed by atoms with Gasteiger partial charge in [-0.25, -0.2) is 9.97 Å². The van der Waals surface area contributed by atoms with Crippen molar-refractivity contribution in [3.63, 3.8) is 0 Å². The van der Waals surface area contributed by atoms with Crippen LogP contribution in [-0.4, -0.2) is 47.8 Å². The van der Waals surface area contributed by atoms with E-state index in [1.54, 1.807) is 18.3 Å². The molecule has 3 rings (SSSR count). The summed E-state index contributed by atoms with van der Waals surface area (Å²) in [6, 6.07) is 1.74. The lowest BCUT2D eigenvalue weighted by Crippen LogP contribution is -2.37. The molecule has 0 aliphatic carbocycles. The Kier molecular flexibility index (Phi) is 4.92. The fourth-order valence-corrected chi connectivity index (χ4v) is 3.44. The number of rotatable bonds is 4. The monoisotopic (exact) mass is 333 g/mol. The maximum atomic E-state index is 11.6. The summed E-state index contributed by atoms with van der Waals surface area (Å²) in [5.41, 5.74) is 0.639. The molecular weight excluding hydrogens is 314 g/mol. The second-order valence-electron chi connectivity index (χ2n) is 5.62. The SMILES string of the molecule is CNCC1CCN(c2nccc(/C=C3/SC(=O)NC3=O)n2)CC1. The van der Waals surface area contributed by atoms with E-state index in [9.17, 15) is 9.59 Å². The van der Waals surface area contributed by atoms with Crippen LogP contribution in [0.25, 0.3) is 6.08 Å². The minimum atomic E-state index is -0.368. The van der Waals surface area contributed by atoms with Crippen LogP contribution in [0.15, 0.2) is 17.2 Å². The molecule has 1 aromatic rings. The Balaban J connectivity index is 1.70. The average molecular weight is 333 g/mol. The Morgan fingerprint density at radius 2 is 2.22 bits per heavy atom. The van der Waals surface area contributed by atoms with Crippen LogP contribution in [0.4, 0.5) is 10.7 Å². The predicted molar refractivity (Wildman–Crippen MR) is 90.0 cm³/mol. The number of nitrogens with one attached hydrogen (secondary N) is 2. The van der Waals surface area contributed by atoms with Gasteiger partial charge in [0.2, 0.25) is 5.95 Å². The number of imide groups is 1. The first-order valence-corrected chi connectivity index (χ1v) is 8.45. The van der Waals surface area contributed by atoms with Crippen LogP contribution in [0.3, 0.4) is 0 Å². The van der Waals surface area contributed by atoms with E-state index in [-0.39, 0.29) is 11.1 Å². The Bertz CT molecular complexity index is 641. The lowest BCUT2D eigenvalue weighted by molar-refractivity contribution is -0.115. The minimum absolute atomic E-state index is 0.345. The van der Waals surface area contributed by atoms with Gasteiger partial charge in [0.05, 0.1) is 10.6 Å². The van der Waals surface area contributed by atoms with E-state index in [0.717, 1.165) is 44.2 Å². The fraction of sp³-hybridized carbons (Fsp3) is 0.467. The number of hydrogen-bond acceptors (Lipinski definition) is 7. The molecule has 7 nitrogen and oxygen atoms in total. The molecule has 2 fully saturated rings. The molecule has 0 unspecified atom stereocenters. The number of amides is 2. The van der Waals surface area contributed by atoms with Crippen molar-refractivity contribution >= 4 is 34.9 Å². The van der Waals surface area contributed by atoms with Gasteiger partial charge in [0.1, 0.15) is 0 Å². The summed E-state index contributed by atoms with van der Waals surface area (Å²) in [5.74, 6) is 1.01. The van der Waals surface area contributed by atoms with Gasteiger partial charge in [-0.2, -0.15) is 0 Å². The van der Waals surface area contributed by atoms with E-state index < -0.39 is 0 Å². The molecule has 23 heavy (non-hydrogen) atoms. The third kappa shape index (κ3) is 3.89. The van der Waals surface area contributed by atoms with Crippen molar-refractivity contribution in [2.45, 2.75) is 12.8 Å². The van der Waals surface area contributed by atoms with Crippen molar-refractivity contribution in [2.75, 3.05) is 31.6 Å².